The maximum Gasteiger partial charge on any atom is 0.335 e. The number of hydrogen-bond donors (Lipinski definition) is 3. The summed E-state index contributed by atoms with van der Waals surface area (Å²) in [4.78, 5) is 26.0. The molecule has 4 aromatic rings. The van der Waals surface area contributed by atoms with E-state index in [1.165, 1.54) is 11.9 Å². The predicted molar refractivity (Wildman–Crippen MR) is 164 cm³/mol. The first-order valence-corrected chi connectivity index (χ1v) is 14.4. The number of anilines is 1. The molecule has 3 N–H and O–H groups in total. The lowest BCUT2D eigenvalue weighted by molar-refractivity contribution is 0.0696. The van der Waals surface area contributed by atoms with Gasteiger partial charge in [-0.3, -0.25) is 9.71 Å². The summed E-state index contributed by atoms with van der Waals surface area (Å²) in [6, 6.07) is 20.7. The molecule has 0 saturated carbocycles. The number of ether oxygens (including phenoxy) is 1. The zero-order valence-electron chi connectivity index (χ0n) is 24.1. The molecule has 1 atom stereocenters. The van der Waals surface area contributed by atoms with Gasteiger partial charge >= 0.3 is 5.97 Å². The summed E-state index contributed by atoms with van der Waals surface area (Å²) >= 11 is 1.25. The van der Waals surface area contributed by atoms with Crippen LogP contribution in [-0.4, -0.2) is 38.7 Å². The van der Waals surface area contributed by atoms with Crippen molar-refractivity contribution in [3.05, 3.63) is 95.3 Å². The molecule has 0 aliphatic carbocycles. The standard InChI is InChI=1S/C32H37N5O3S/c1-21-10-8-11-22(2)29(21)27-17-28(36-31(35-27)37-41-26-14-9-12-23(16-26)30(38)39)40-20-25(18-32(3,4)5)34-19-24-13-6-7-15-33-24/h6-17,25,34H,18-20H2,1-5H3,(H,38,39)(H,35,36,37). The number of aryl methyl sites for hydroxylation is 2. The van der Waals surface area contributed by atoms with E-state index in [1.54, 1.807) is 24.4 Å². The molecular weight excluding hydrogens is 534 g/mol. The Morgan fingerprint density at radius 2 is 1.76 bits per heavy atom. The second-order valence-corrected chi connectivity index (χ2v) is 12.1. The van der Waals surface area contributed by atoms with Crippen LogP contribution in [0.25, 0.3) is 11.3 Å². The van der Waals surface area contributed by atoms with Crippen LogP contribution < -0.4 is 14.8 Å². The number of nitrogens with one attached hydrogen (secondary N) is 2. The molecule has 0 aliphatic heterocycles. The first kappa shape index (κ1) is 30.0. The van der Waals surface area contributed by atoms with Crippen molar-refractivity contribution in [2.45, 2.75) is 58.5 Å². The van der Waals surface area contributed by atoms with E-state index in [2.05, 4.69) is 66.8 Å². The third-order valence-corrected chi connectivity index (χ3v) is 7.14. The van der Waals surface area contributed by atoms with Gasteiger partial charge in [-0.15, -0.1) is 0 Å². The highest BCUT2D eigenvalue weighted by molar-refractivity contribution is 8.00. The van der Waals surface area contributed by atoms with Gasteiger partial charge in [0.05, 0.1) is 17.0 Å². The highest BCUT2D eigenvalue weighted by Gasteiger charge is 2.20. The van der Waals surface area contributed by atoms with Gasteiger partial charge in [-0.2, -0.15) is 4.98 Å². The normalized spacial score (nSPS) is 12.1. The Morgan fingerprint density at radius 3 is 2.44 bits per heavy atom. The van der Waals surface area contributed by atoms with Crippen molar-refractivity contribution in [3.63, 3.8) is 0 Å². The molecule has 0 fully saturated rings. The van der Waals surface area contributed by atoms with Crippen molar-refractivity contribution in [3.8, 4) is 17.1 Å². The van der Waals surface area contributed by atoms with Crippen molar-refractivity contribution in [2.24, 2.45) is 5.41 Å². The summed E-state index contributed by atoms with van der Waals surface area (Å²) in [6.45, 7) is 11.8. The van der Waals surface area contributed by atoms with Crippen LogP contribution in [0.3, 0.4) is 0 Å². The zero-order valence-corrected chi connectivity index (χ0v) is 25.0. The number of carbonyl (C=O) groups is 1. The van der Waals surface area contributed by atoms with Gasteiger partial charge in [-0.1, -0.05) is 51.1 Å². The number of aromatic nitrogens is 3. The van der Waals surface area contributed by atoms with Crippen LogP contribution >= 0.6 is 11.9 Å². The van der Waals surface area contributed by atoms with Gasteiger partial charge in [0.25, 0.3) is 0 Å². The first-order chi connectivity index (χ1) is 19.6. The summed E-state index contributed by atoms with van der Waals surface area (Å²) in [7, 11) is 0. The third-order valence-electron chi connectivity index (χ3n) is 6.37. The smallest absolute Gasteiger partial charge is 0.335 e. The Morgan fingerprint density at radius 1 is 1.00 bits per heavy atom. The monoisotopic (exact) mass is 571 g/mol. The summed E-state index contributed by atoms with van der Waals surface area (Å²) in [6.07, 6.45) is 2.70. The number of hydrogen-bond acceptors (Lipinski definition) is 8. The van der Waals surface area contributed by atoms with Crippen LogP contribution in [0.2, 0.25) is 0 Å². The fourth-order valence-electron chi connectivity index (χ4n) is 4.56. The van der Waals surface area contributed by atoms with E-state index < -0.39 is 5.97 Å². The molecule has 9 heteroatoms. The fraction of sp³-hybridized carbons (Fsp3) is 0.312. The Labute approximate surface area is 246 Å². The third kappa shape index (κ3) is 9.03. The lowest BCUT2D eigenvalue weighted by atomic mass is 9.88. The second kappa shape index (κ2) is 13.6. The van der Waals surface area contributed by atoms with Crippen LogP contribution in [0.1, 0.15) is 54.4 Å². The molecular formula is C32H37N5O3S. The molecule has 2 aromatic carbocycles. The Balaban J connectivity index is 1.58. The van der Waals surface area contributed by atoms with Crippen molar-refractivity contribution in [1.82, 2.24) is 20.3 Å². The zero-order chi connectivity index (χ0) is 29.4. The molecule has 2 heterocycles. The molecule has 0 spiro atoms. The highest BCUT2D eigenvalue weighted by Crippen LogP contribution is 2.30. The van der Waals surface area contributed by atoms with E-state index in [0.29, 0.717) is 25.0 Å². The number of carboxylic acids is 1. The second-order valence-electron chi connectivity index (χ2n) is 11.2. The molecule has 214 valence electrons. The van der Waals surface area contributed by atoms with Crippen LogP contribution in [0.5, 0.6) is 5.88 Å². The predicted octanol–water partition coefficient (Wildman–Crippen LogP) is 6.95. The lowest BCUT2D eigenvalue weighted by Crippen LogP contribution is -2.37. The maximum absolute atomic E-state index is 11.4. The summed E-state index contributed by atoms with van der Waals surface area (Å²) < 4.78 is 9.51. The van der Waals surface area contributed by atoms with Crippen LogP contribution in [-0.2, 0) is 6.54 Å². The molecule has 0 aliphatic rings. The summed E-state index contributed by atoms with van der Waals surface area (Å²) in [5.41, 5.74) is 5.26. The number of carboxylic acid groups (broad SMARTS) is 1. The van der Waals surface area contributed by atoms with Crippen molar-refractivity contribution in [2.75, 3.05) is 11.3 Å². The van der Waals surface area contributed by atoms with Crippen molar-refractivity contribution >= 4 is 23.9 Å². The van der Waals surface area contributed by atoms with Gasteiger partial charge in [-0.25, -0.2) is 9.78 Å². The van der Waals surface area contributed by atoms with Gasteiger partial charge in [0.15, 0.2) is 0 Å². The van der Waals surface area contributed by atoms with E-state index in [0.717, 1.165) is 39.4 Å². The number of benzene rings is 2. The van der Waals surface area contributed by atoms with E-state index in [-0.39, 0.29) is 17.0 Å². The van der Waals surface area contributed by atoms with Crippen LogP contribution in [0.15, 0.2) is 77.8 Å². The topological polar surface area (TPSA) is 109 Å². The molecule has 0 saturated heterocycles. The van der Waals surface area contributed by atoms with Gasteiger partial charge < -0.3 is 15.2 Å². The minimum Gasteiger partial charge on any atom is -0.478 e. The Bertz CT molecular complexity index is 1450. The molecule has 0 bridgehead atoms. The average Bonchev–Trinajstić information content (AvgIpc) is 2.93. The van der Waals surface area contributed by atoms with Crippen molar-refractivity contribution < 1.29 is 14.6 Å². The first-order valence-electron chi connectivity index (χ1n) is 13.6. The SMILES string of the molecule is Cc1cccc(C)c1-c1cc(OCC(CC(C)(C)C)NCc2ccccn2)nc(NSc2cccc(C(=O)O)c2)n1. The molecule has 8 nitrogen and oxygen atoms in total. The number of nitrogens with zero attached hydrogens (tertiary/aromatic N) is 3. The highest BCUT2D eigenvalue weighted by atomic mass is 32.2. The molecule has 0 radical (unpaired) electrons. The molecule has 1 unspecified atom stereocenters. The lowest BCUT2D eigenvalue weighted by Gasteiger charge is -2.27. The maximum atomic E-state index is 11.4. The molecule has 4 rings (SSSR count). The Hall–Kier alpha value is -3.95. The number of rotatable bonds is 12. The number of aromatic carboxylic acids is 1. The summed E-state index contributed by atoms with van der Waals surface area (Å²) in [5, 5.41) is 12.9. The number of pyridine rings is 1. The van der Waals surface area contributed by atoms with Crippen LogP contribution in [0, 0.1) is 19.3 Å². The van der Waals surface area contributed by atoms with Gasteiger partial charge in [0.1, 0.15) is 6.61 Å². The minimum atomic E-state index is -0.974. The van der Waals surface area contributed by atoms with Gasteiger partial charge in [0, 0.05) is 35.3 Å². The largest absolute Gasteiger partial charge is 0.478 e. The van der Waals surface area contributed by atoms with Gasteiger partial charge in [-0.05, 0) is 79.1 Å². The molecule has 2 aromatic heterocycles. The van der Waals surface area contributed by atoms with Crippen LogP contribution in [0.4, 0.5) is 5.95 Å². The van der Waals surface area contributed by atoms with E-state index in [1.807, 2.05) is 36.4 Å². The molecule has 0 amide bonds. The average molecular weight is 572 g/mol. The fourth-order valence-corrected chi connectivity index (χ4v) is 5.19. The quantitative estimate of drug-likeness (QED) is 0.156. The van der Waals surface area contributed by atoms with Gasteiger partial charge in [0.2, 0.25) is 11.8 Å². The van der Waals surface area contributed by atoms with E-state index in [4.69, 9.17) is 9.72 Å². The molecule has 41 heavy (non-hydrogen) atoms. The minimum absolute atomic E-state index is 0.0696. The van der Waals surface area contributed by atoms with E-state index >= 15 is 0 Å². The van der Waals surface area contributed by atoms with Crippen molar-refractivity contribution in [1.29, 1.82) is 0 Å². The summed E-state index contributed by atoms with van der Waals surface area (Å²) in [5.74, 6) is -0.142. The Kier molecular flexibility index (Phi) is 9.96. The van der Waals surface area contributed by atoms with E-state index in [9.17, 15) is 9.90 Å².